The standard InChI is InChI=1S/C34H27N3O7/c1-3-40-30-15-21(11-13-28(30)41-19-22-12-14-29-31(16-22)43-20-42-29)18-35-37-33(36-25-8-5-4-7-23(25)34(37)38)32-17-24-26(39-2)9-6-10-27(24)44-32/h4-18H,3,19-20H2,1-2H3. The van der Waals surface area contributed by atoms with Crippen molar-refractivity contribution in [2.24, 2.45) is 5.10 Å². The molecule has 10 nitrogen and oxygen atoms in total. The molecule has 220 valence electrons. The van der Waals surface area contributed by atoms with E-state index in [1.807, 2.05) is 67.6 Å². The van der Waals surface area contributed by atoms with Crippen molar-refractivity contribution in [3.8, 4) is 40.3 Å². The zero-order chi connectivity index (χ0) is 30.0. The Morgan fingerprint density at radius 2 is 1.77 bits per heavy atom. The summed E-state index contributed by atoms with van der Waals surface area (Å²) in [7, 11) is 1.60. The Labute approximate surface area is 251 Å². The lowest BCUT2D eigenvalue weighted by molar-refractivity contribution is 0.174. The summed E-state index contributed by atoms with van der Waals surface area (Å²) in [6.45, 7) is 2.87. The van der Waals surface area contributed by atoms with E-state index in [1.54, 1.807) is 37.6 Å². The topological polar surface area (TPSA) is 107 Å². The van der Waals surface area contributed by atoms with Crippen LogP contribution >= 0.6 is 0 Å². The first-order valence-electron chi connectivity index (χ1n) is 14.0. The molecule has 0 amide bonds. The maximum atomic E-state index is 13.7. The van der Waals surface area contributed by atoms with Gasteiger partial charge in [0, 0.05) is 0 Å². The minimum Gasteiger partial charge on any atom is -0.496 e. The monoisotopic (exact) mass is 589 g/mol. The normalized spacial score (nSPS) is 12.3. The van der Waals surface area contributed by atoms with Gasteiger partial charge in [-0.25, -0.2) is 4.98 Å². The Morgan fingerprint density at radius 3 is 2.66 bits per heavy atom. The highest BCUT2D eigenvalue weighted by molar-refractivity contribution is 5.88. The number of hydrogen-bond acceptors (Lipinski definition) is 9. The molecule has 0 radical (unpaired) electrons. The third-order valence-electron chi connectivity index (χ3n) is 7.14. The minimum atomic E-state index is -0.331. The molecule has 10 heteroatoms. The van der Waals surface area contributed by atoms with Crippen LogP contribution in [0.5, 0.6) is 28.7 Å². The Morgan fingerprint density at radius 1 is 0.886 bits per heavy atom. The van der Waals surface area contributed by atoms with Crippen LogP contribution in [-0.4, -0.2) is 36.4 Å². The van der Waals surface area contributed by atoms with E-state index in [1.165, 1.54) is 4.68 Å². The number of para-hydroxylation sites is 1. The smallest absolute Gasteiger partial charge is 0.282 e. The van der Waals surface area contributed by atoms with Gasteiger partial charge in [-0.15, -0.1) is 0 Å². The zero-order valence-corrected chi connectivity index (χ0v) is 24.0. The Hall–Kier alpha value is -5.77. The van der Waals surface area contributed by atoms with E-state index in [0.29, 0.717) is 64.0 Å². The van der Waals surface area contributed by atoms with Crippen molar-refractivity contribution in [1.82, 2.24) is 9.66 Å². The second kappa shape index (κ2) is 11.5. The molecular formula is C34H27N3O7. The lowest BCUT2D eigenvalue weighted by Gasteiger charge is -2.13. The molecule has 1 aliphatic rings. The molecule has 0 saturated heterocycles. The average molecular weight is 590 g/mol. The summed E-state index contributed by atoms with van der Waals surface area (Å²) < 4.78 is 35.7. The van der Waals surface area contributed by atoms with Gasteiger partial charge in [-0.05, 0) is 78.7 Å². The molecule has 3 heterocycles. The quantitative estimate of drug-likeness (QED) is 0.178. The molecular weight excluding hydrogens is 562 g/mol. The maximum Gasteiger partial charge on any atom is 0.282 e. The van der Waals surface area contributed by atoms with Crippen LogP contribution in [0, 0.1) is 0 Å². The Kier molecular flexibility index (Phi) is 7.07. The molecule has 44 heavy (non-hydrogen) atoms. The van der Waals surface area contributed by atoms with Crippen LogP contribution in [-0.2, 0) is 6.61 Å². The van der Waals surface area contributed by atoms with Gasteiger partial charge >= 0.3 is 0 Å². The van der Waals surface area contributed by atoms with Crippen LogP contribution < -0.4 is 29.2 Å². The number of hydrogen-bond donors (Lipinski definition) is 0. The van der Waals surface area contributed by atoms with Crippen LogP contribution in [0.2, 0.25) is 0 Å². The van der Waals surface area contributed by atoms with Crippen LogP contribution in [0.4, 0.5) is 0 Å². The first kappa shape index (κ1) is 27.1. The predicted molar refractivity (Wildman–Crippen MR) is 165 cm³/mol. The van der Waals surface area contributed by atoms with Gasteiger partial charge in [-0.3, -0.25) is 4.79 Å². The van der Waals surface area contributed by atoms with E-state index in [0.717, 1.165) is 16.7 Å². The summed E-state index contributed by atoms with van der Waals surface area (Å²) in [5.74, 6) is 3.83. The van der Waals surface area contributed by atoms with Gasteiger partial charge in [0.25, 0.3) is 5.56 Å². The highest BCUT2D eigenvalue weighted by Crippen LogP contribution is 2.35. The molecule has 0 saturated carbocycles. The number of ether oxygens (including phenoxy) is 5. The Balaban J connectivity index is 1.23. The van der Waals surface area contributed by atoms with Gasteiger partial charge < -0.3 is 28.1 Å². The van der Waals surface area contributed by atoms with Gasteiger partial charge in [-0.2, -0.15) is 9.78 Å². The minimum absolute atomic E-state index is 0.215. The summed E-state index contributed by atoms with van der Waals surface area (Å²) in [6.07, 6.45) is 1.58. The van der Waals surface area contributed by atoms with Crippen molar-refractivity contribution in [3.05, 3.63) is 106 Å². The van der Waals surface area contributed by atoms with E-state index in [4.69, 9.17) is 33.1 Å². The number of benzene rings is 4. The summed E-state index contributed by atoms with van der Waals surface area (Å²) in [6, 6.07) is 25.6. The molecule has 1 aliphatic heterocycles. The van der Waals surface area contributed by atoms with Gasteiger partial charge in [-0.1, -0.05) is 24.3 Å². The highest BCUT2D eigenvalue weighted by atomic mass is 16.7. The second-order valence-corrected chi connectivity index (χ2v) is 9.91. The van der Waals surface area contributed by atoms with Crippen LogP contribution in [0.25, 0.3) is 33.5 Å². The fourth-order valence-electron chi connectivity index (χ4n) is 5.02. The van der Waals surface area contributed by atoms with Crippen LogP contribution in [0.15, 0.2) is 99.2 Å². The molecule has 7 rings (SSSR count). The van der Waals surface area contributed by atoms with Gasteiger partial charge in [0.05, 0.1) is 36.2 Å². The number of aromatic nitrogens is 2. The Bertz CT molecular complexity index is 2100. The molecule has 0 spiro atoms. The molecule has 0 bridgehead atoms. The second-order valence-electron chi connectivity index (χ2n) is 9.91. The fraction of sp³-hybridized carbons (Fsp3) is 0.147. The van der Waals surface area contributed by atoms with Crippen molar-refractivity contribution < 1.29 is 28.1 Å². The van der Waals surface area contributed by atoms with Crippen molar-refractivity contribution in [3.63, 3.8) is 0 Å². The molecule has 0 N–H and O–H groups in total. The fourth-order valence-corrected chi connectivity index (χ4v) is 5.02. The molecule has 0 atom stereocenters. The van der Waals surface area contributed by atoms with E-state index < -0.39 is 0 Å². The summed E-state index contributed by atoms with van der Waals surface area (Å²) in [5, 5.41) is 5.78. The summed E-state index contributed by atoms with van der Waals surface area (Å²) in [5.41, 5.74) is 2.44. The van der Waals surface area contributed by atoms with E-state index in [-0.39, 0.29) is 18.2 Å². The molecule has 6 aromatic rings. The summed E-state index contributed by atoms with van der Waals surface area (Å²) in [4.78, 5) is 18.4. The number of rotatable bonds is 9. The van der Waals surface area contributed by atoms with Gasteiger partial charge in [0.2, 0.25) is 12.6 Å². The van der Waals surface area contributed by atoms with Crippen molar-refractivity contribution in [2.45, 2.75) is 13.5 Å². The van der Waals surface area contributed by atoms with Gasteiger partial charge in [0.1, 0.15) is 17.9 Å². The first-order valence-corrected chi connectivity index (χ1v) is 14.0. The molecule has 4 aromatic carbocycles. The predicted octanol–water partition coefficient (Wildman–Crippen LogP) is 6.41. The van der Waals surface area contributed by atoms with E-state index in [2.05, 4.69) is 5.10 Å². The highest BCUT2D eigenvalue weighted by Gasteiger charge is 2.18. The lowest BCUT2D eigenvalue weighted by atomic mass is 10.2. The van der Waals surface area contributed by atoms with E-state index in [9.17, 15) is 4.79 Å². The largest absolute Gasteiger partial charge is 0.496 e. The molecule has 0 fully saturated rings. The van der Waals surface area contributed by atoms with Gasteiger partial charge in [0.15, 0.2) is 28.8 Å². The molecule has 2 aromatic heterocycles. The lowest BCUT2D eigenvalue weighted by Crippen LogP contribution is -2.20. The van der Waals surface area contributed by atoms with E-state index >= 15 is 0 Å². The third kappa shape index (κ3) is 5.06. The SMILES string of the molecule is CCOc1cc(C=Nn2c(-c3cc4c(OC)cccc4o3)nc3ccccc3c2=O)ccc1OCc1ccc2c(c1)OCO2. The molecule has 0 aliphatic carbocycles. The van der Waals surface area contributed by atoms with Crippen LogP contribution in [0.1, 0.15) is 18.1 Å². The maximum absolute atomic E-state index is 13.7. The number of furan rings is 1. The van der Waals surface area contributed by atoms with Crippen molar-refractivity contribution >= 4 is 28.1 Å². The van der Waals surface area contributed by atoms with Crippen molar-refractivity contribution in [1.29, 1.82) is 0 Å². The summed E-state index contributed by atoms with van der Waals surface area (Å²) >= 11 is 0. The third-order valence-corrected chi connectivity index (χ3v) is 7.14. The number of methoxy groups -OCH3 is 1. The zero-order valence-electron chi connectivity index (χ0n) is 24.0. The van der Waals surface area contributed by atoms with Crippen molar-refractivity contribution in [2.75, 3.05) is 20.5 Å². The number of nitrogens with zero attached hydrogens (tertiary/aromatic N) is 3. The average Bonchev–Trinajstić information content (AvgIpc) is 3.71. The first-order chi connectivity index (χ1) is 21.6. The van der Waals surface area contributed by atoms with Crippen LogP contribution in [0.3, 0.4) is 0 Å². The number of fused-ring (bicyclic) bond motifs is 3. The molecule has 0 unspecified atom stereocenters.